The molecule has 1 aliphatic carbocycles. The maximum atomic E-state index is 4.64. The van der Waals surface area contributed by atoms with Crippen molar-refractivity contribution in [2.24, 2.45) is 0 Å². The van der Waals surface area contributed by atoms with E-state index in [2.05, 4.69) is 61.5 Å². The second kappa shape index (κ2) is 6.99. The van der Waals surface area contributed by atoms with Crippen molar-refractivity contribution in [3.63, 3.8) is 0 Å². The van der Waals surface area contributed by atoms with Gasteiger partial charge in [-0.15, -0.1) is 0 Å². The van der Waals surface area contributed by atoms with Crippen molar-refractivity contribution in [1.29, 1.82) is 0 Å². The van der Waals surface area contributed by atoms with Gasteiger partial charge in [0.15, 0.2) is 0 Å². The van der Waals surface area contributed by atoms with Gasteiger partial charge in [-0.1, -0.05) is 6.92 Å². The summed E-state index contributed by atoms with van der Waals surface area (Å²) in [5, 5.41) is 9.34. The van der Waals surface area contributed by atoms with Crippen molar-refractivity contribution < 1.29 is 0 Å². The molecule has 4 heteroatoms. The summed E-state index contributed by atoms with van der Waals surface area (Å²) in [5.74, 6) is 1.24. The quantitative estimate of drug-likeness (QED) is 0.864. The van der Waals surface area contributed by atoms with Gasteiger partial charge in [-0.2, -0.15) is 16.9 Å². The minimum Gasteiger partial charge on any atom is -0.307 e. The van der Waals surface area contributed by atoms with Crippen molar-refractivity contribution in [2.45, 2.75) is 77.8 Å². The standard InChI is InChI=1S/C16H29N3S/c1-6-19-13(5)16(12(4)18-19)11(3)17-14-8-9-15(10-14)20-7-2/h11,14-15,17H,6-10H2,1-5H3. The van der Waals surface area contributed by atoms with Gasteiger partial charge >= 0.3 is 0 Å². The Hall–Kier alpha value is -0.480. The lowest BCUT2D eigenvalue weighted by Gasteiger charge is -2.20. The molecular formula is C16H29N3S. The van der Waals surface area contributed by atoms with Gasteiger partial charge < -0.3 is 5.32 Å². The first kappa shape index (κ1) is 15.9. The summed E-state index contributed by atoms with van der Waals surface area (Å²) in [6.45, 7) is 12.0. The lowest BCUT2D eigenvalue weighted by atomic mass is 10.0. The molecule has 1 fully saturated rings. The fourth-order valence-corrected chi connectivity index (χ4v) is 4.70. The van der Waals surface area contributed by atoms with Crippen LogP contribution in [0.3, 0.4) is 0 Å². The van der Waals surface area contributed by atoms with Crippen LogP contribution >= 0.6 is 11.8 Å². The van der Waals surface area contributed by atoms with Crippen molar-refractivity contribution in [3.8, 4) is 0 Å². The molecule has 0 aromatic carbocycles. The van der Waals surface area contributed by atoms with E-state index in [1.54, 1.807) is 0 Å². The molecule has 3 nitrogen and oxygen atoms in total. The second-order valence-corrected chi connectivity index (χ2v) is 7.45. The normalized spacial score (nSPS) is 24.2. The zero-order valence-corrected chi connectivity index (χ0v) is 14.4. The Labute approximate surface area is 127 Å². The van der Waals surface area contributed by atoms with Crippen LogP contribution in [0.4, 0.5) is 0 Å². The molecule has 1 N–H and O–H groups in total. The van der Waals surface area contributed by atoms with Gasteiger partial charge in [-0.3, -0.25) is 4.68 Å². The molecule has 0 saturated heterocycles. The number of aromatic nitrogens is 2. The van der Waals surface area contributed by atoms with Crippen LogP contribution in [-0.2, 0) is 6.54 Å². The number of rotatable bonds is 6. The molecule has 3 atom stereocenters. The predicted molar refractivity (Wildman–Crippen MR) is 88.5 cm³/mol. The van der Waals surface area contributed by atoms with Gasteiger partial charge in [0.25, 0.3) is 0 Å². The van der Waals surface area contributed by atoms with Gasteiger partial charge in [-0.05, 0) is 52.7 Å². The molecule has 1 aromatic heterocycles. The van der Waals surface area contributed by atoms with E-state index in [0.29, 0.717) is 12.1 Å². The van der Waals surface area contributed by atoms with E-state index < -0.39 is 0 Å². The van der Waals surface area contributed by atoms with Gasteiger partial charge in [0.1, 0.15) is 0 Å². The van der Waals surface area contributed by atoms with E-state index in [1.165, 1.54) is 42.0 Å². The Kier molecular flexibility index (Phi) is 5.56. The molecule has 114 valence electrons. The Morgan fingerprint density at radius 3 is 2.70 bits per heavy atom. The maximum Gasteiger partial charge on any atom is 0.0644 e. The second-order valence-electron chi connectivity index (χ2n) is 5.88. The molecule has 1 saturated carbocycles. The molecule has 2 rings (SSSR count). The van der Waals surface area contributed by atoms with Crippen LogP contribution in [0.5, 0.6) is 0 Å². The van der Waals surface area contributed by atoms with E-state index in [1.807, 2.05) is 0 Å². The number of hydrogen-bond donors (Lipinski definition) is 1. The highest BCUT2D eigenvalue weighted by atomic mass is 32.2. The lowest BCUT2D eigenvalue weighted by Crippen LogP contribution is -2.30. The third-order valence-electron chi connectivity index (χ3n) is 4.44. The smallest absolute Gasteiger partial charge is 0.0644 e. The van der Waals surface area contributed by atoms with Crippen LogP contribution in [0.15, 0.2) is 0 Å². The minimum atomic E-state index is 0.408. The largest absolute Gasteiger partial charge is 0.307 e. The summed E-state index contributed by atoms with van der Waals surface area (Å²) in [7, 11) is 0. The highest BCUT2D eigenvalue weighted by molar-refractivity contribution is 7.99. The minimum absolute atomic E-state index is 0.408. The number of nitrogens with zero attached hydrogens (tertiary/aromatic N) is 2. The van der Waals surface area contributed by atoms with E-state index >= 15 is 0 Å². The predicted octanol–water partition coefficient (Wildman–Crippen LogP) is 3.84. The van der Waals surface area contributed by atoms with Crippen LogP contribution in [0, 0.1) is 13.8 Å². The molecule has 0 bridgehead atoms. The van der Waals surface area contributed by atoms with Crippen LogP contribution < -0.4 is 5.32 Å². The average Bonchev–Trinajstić information content (AvgIpc) is 2.94. The maximum absolute atomic E-state index is 4.64. The number of hydrogen-bond acceptors (Lipinski definition) is 3. The summed E-state index contributed by atoms with van der Waals surface area (Å²) in [4.78, 5) is 0. The molecular weight excluding hydrogens is 266 g/mol. The fourth-order valence-electron chi connectivity index (χ4n) is 3.56. The van der Waals surface area contributed by atoms with Gasteiger partial charge in [0.2, 0.25) is 0 Å². The summed E-state index contributed by atoms with van der Waals surface area (Å²) in [6, 6.07) is 1.09. The third kappa shape index (κ3) is 3.40. The Morgan fingerprint density at radius 2 is 2.10 bits per heavy atom. The zero-order valence-electron chi connectivity index (χ0n) is 13.6. The number of aryl methyl sites for hydroxylation is 2. The van der Waals surface area contributed by atoms with Gasteiger partial charge in [0.05, 0.1) is 5.69 Å². The third-order valence-corrected chi connectivity index (χ3v) is 5.68. The molecule has 1 aliphatic rings. The van der Waals surface area contributed by atoms with Crippen LogP contribution in [0.2, 0.25) is 0 Å². The molecule has 0 spiro atoms. The van der Waals surface area contributed by atoms with Gasteiger partial charge in [0, 0.05) is 35.1 Å². The molecule has 1 heterocycles. The topological polar surface area (TPSA) is 29.9 Å². The van der Waals surface area contributed by atoms with Gasteiger partial charge in [-0.25, -0.2) is 0 Å². The van der Waals surface area contributed by atoms with Crippen LogP contribution in [-0.4, -0.2) is 26.8 Å². The first-order valence-corrected chi connectivity index (χ1v) is 9.03. The molecule has 20 heavy (non-hydrogen) atoms. The van der Waals surface area contributed by atoms with E-state index in [9.17, 15) is 0 Å². The highest BCUT2D eigenvalue weighted by Gasteiger charge is 2.27. The first-order chi connectivity index (χ1) is 9.56. The van der Waals surface area contributed by atoms with Crippen LogP contribution in [0.25, 0.3) is 0 Å². The monoisotopic (exact) mass is 295 g/mol. The molecule has 0 aliphatic heterocycles. The first-order valence-electron chi connectivity index (χ1n) is 7.98. The molecule has 0 amide bonds. The fraction of sp³-hybridized carbons (Fsp3) is 0.812. The lowest BCUT2D eigenvalue weighted by molar-refractivity contribution is 0.459. The summed E-state index contributed by atoms with van der Waals surface area (Å²) in [5.41, 5.74) is 3.91. The van der Waals surface area contributed by atoms with E-state index in [0.717, 1.165) is 11.8 Å². The van der Waals surface area contributed by atoms with Crippen molar-refractivity contribution in [2.75, 3.05) is 5.75 Å². The number of nitrogens with one attached hydrogen (secondary N) is 1. The zero-order chi connectivity index (χ0) is 14.7. The Balaban J connectivity index is 1.99. The average molecular weight is 295 g/mol. The Bertz CT molecular complexity index is 441. The van der Waals surface area contributed by atoms with Crippen molar-refractivity contribution in [3.05, 3.63) is 17.0 Å². The molecule has 3 unspecified atom stereocenters. The Morgan fingerprint density at radius 1 is 1.35 bits per heavy atom. The summed E-state index contributed by atoms with van der Waals surface area (Å²) in [6.07, 6.45) is 4.01. The highest BCUT2D eigenvalue weighted by Crippen LogP contribution is 2.31. The number of thioether (sulfide) groups is 1. The SMILES string of the molecule is CCSC1CCC(NC(C)c2c(C)nn(CC)c2C)C1. The summed E-state index contributed by atoms with van der Waals surface area (Å²) < 4.78 is 2.12. The van der Waals surface area contributed by atoms with Crippen molar-refractivity contribution in [1.82, 2.24) is 15.1 Å². The molecule has 0 radical (unpaired) electrons. The molecule has 1 aromatic rings. The van der Waals surface area contributed by atoms with E-state index in [-0.39, 0.29) is 0 Å². The van der Waals surface area contributed by atoms with Crippen molar-refractivity contribution >= 4 is 11.8 Å². The van der Waals surface area contributed by atoms with E-state index in [4.69, 9.17) is 0 Å². The summed E-state index contributed by atoms with van der Waals surface area (Å²) >= 11 is 2.12. The van der Waals surface area contributed by atoms with Crippen LogP contribution in [0.1, 0.15) is 63.0 Å².